The zero-order chi connectivity index (χ0) is 52.1. The van der Waals surface area contributed by atoms with E-state index in [9.17, 15) is 0 Å². The van der Waals surface area contributed by atoms with Crippen LogP contribution in [0.4, 0.5) is 0 Å². The Kier molecular flexibility index (Phi) is 7.55. The minimum Gasteiger partial charge on any atom is -0.458 e. The van der Waals surface area contributed by atoms with Gasteiger partial charge >= 0.3 is 0 Å². The van der Waals surface area contributed by atoms with Crippen LogP contribution in [-0.2, 0) is 5.41 Å². The van der Waals surface area contributed by atoms with Crippen LogP contribution in [0.15, 0.2) is 176 Å². The molecule has 3 heterocycles. The molecule has 0 fully saturated rings. The number of para-hydroxylation sites is 2. The number of hydrogen-bond acceptors (Lipinski definition) is 2. The molecule has 0 N–H and O–H groups in total. The molecule has 3 aromatic heterocycles. The molecule has 10 rings (SSSR count). The summed E-state index contributed by atoms with van der Waals surface area (Å²) in [6, 6.07) is 29.9. The van der Waals surface area contributed by atoms with E-state index in [1.54, 1.807) is 22.8 Å². The Morgan fingerprint density at radius 3 is 2.05 bits per heavy atom. The zero-order valence-electron chi connectivity index (χ0n) is 46.3. The number of aromatic nitrogens is 4. The molecule has 0 saturated carbocycles. The monoisotopic (exact) mass is 830 g/mol. The molecule has 7 aromatic carbocycles. The number of ether oxygens (including phenoxy) is 1. The van der Waals surface area contributed by atoms with Crippen molar-refractivity contribution in [3.63, 3.8) is 0 Å². The highest BCUT2D eigenvalue weighted by Gasteiger charge is 2.23. The second kappa shape index (κ2) is 15.9. The molecule has 0 aliphatic rings. The number of fused-ring (bicyclic) bond motifs is 4. The quantitative estimate of drug-likeness (QED) is 0.107. The number of imidazole rings is 1. The van der Waals surface area contributed by atoms with E-state index in [-0.39, 0.29) is 33.4 Å². The lowest BCUT2D eigenvalue weighted by Crippen LogP contribution is -2.32. The SMILES string of the molecule is [2H]c1c([2H])c([2H])c(-c2cccc(-c3c([2H])c([2H])c([2H])c([2H])c3[2H])c2-[n+]2[c-]n(-c3cccc(Oc4ccc5c6cc(C(C)(C)C)ccc6n(-c6cc(C(C)C(C)C)ccn6)c5c4)c3)c3cccc(C)c32)c([2H])c1[2H]. The summed E-state index contributed by atoms with van der Waals surface area (Å²) in [7, 11) is 0. The standard InChI is InChI=1S/C58H52N4O/c1-38(2)40(4)43-31-32-59-55(33-43)62-52-30-27-44(58(5,6)7)34-51(52)50-29-28-47(36-54(50)62)63-46-23-15-22-45(35-46)60-37-61(56-39(3)17-14-26-53(56)60)57-48(41-18-10-8-11-19-41)24-16-25-49(57)42-20-12-9-13-21-42/h8-36,38,40H,1-7H3/i8D,9D,10D,11D,12D,13D,18D,19D,20D,21D. The average Bonchev–Trinajstić information content (AvgIpc) is 3.92. The van der Waals surface area contributed by atoms with Gasteiger partial charge in [-0.3, -0.25) is 13.7 Å². The van der Waals surface area contributed by atoms with Gasteiger partial charge < -0.3 is 4.74 Å². The third-order valence-corrected chi connectivity index (χ3v) is 12.1. The van der Waals surface area contributed by atoms with Gasteiger partial charge in [-0.1, -0.05) is 150 Å². The summed E-state index contributed by atoms with van der Waals surface area (Å²) < 4.78 is 99.9. The van der Waals surface area contributed by atoms with Crippen molar-refractivity contribution in [2.24, 2.45) is 5.92 Å². The molecule has 0 spiro atoms. The predicted molar refractivity (Wildman–Crippen MR) is 260 cm³/mol. The van der Waals surface area contributed by atoms with Gasteiger partial charge in [0, 0.05) is 23.0 Å². The van der Waals surface area contributed by atoms with Gasteiger partial charge in [0.1, 0.15) is 17.3 Å². The predicted octanol–water partition coefficient (Wildman–Crippen LogP) is 14.7. The summed E-state index contributed by atoms with van der Waals surface area (Å²) in [5, 5.41) is 2.17. The minimum absolute atomic E-state index is 0.0671. The maximum atomic E-state index is 9.07. The average molecular weight is 831 g/mol. The van der Waals surface area contributed by atoms with E-state index in [4.69, 9.17) is 23.4 Å². The minimum atomic E-state index is -0.564. The molecule has 0 saturated heterocycles. The van der Waals surface area contributed by atoms with Crippen molar-refractivity contribution in [2.75, 3.05) is 0 Å². The molecule has 1 atom stereocenters. The summed E-state index contributed by atoms with van der Waals surface area (Å²) in [6.07, 6.45) is 5.38. The maximum Gasteiger partial charge on any atom is 0.269 e. The van der Waals surface area contributed by atoms with Gasteiger partial charge in [-0.25, -0.2) is 4.98 Å². The second-order valence-corrected chi connectivity index (χ2v) is 17.5. The van der Waals surface area contributed by atoms with Gasteiger partial charge in [-0.15, -0.1) is 0 Å². The lowest BCUT2D eigenvalue weighted by molar-refractivity contribution is -0.571. The summed E-state index contributed by atoms with van der Waals surface area (Å²) in [5.41, 5.74) is 7.31. The van der Waals surface area contributed by atoms with Gasteiger partial charge in [-0.2, -0.15) is 0 Å². The molecule has 0 radical (unpaired) electrons. The summed E-state index contributed by atoms with van der Waals surface area (Å²) in [4.78, 5) is 4.92. The molecular weight excluding hydrogens is 769 g/mol. The Bertz CT molecular complexity index is 3760. The number of hydrogen-bond donors (Lipinski definition) is 0. The van der Waals surface area contributed by atoms with E-state index >= 15 is 0 Å². The molecule has 0 bridgehead atoms. The van der Waals surface area contributed by atoms with Gasteiger partial charge in [0.2, 0.25) is 0 Å². The fourth-order valence-electron chi connectivity index (χ4n) is 8.46. The maximum absolute atomic E-state index is 9.07. The Morgan fingerprint density at radius 2 is 1.35 bits per heavy atom. The molecule has 0 aliphatic carbocycles. The highest BCUT2D eigenvalue weighted by atomic mass is 16.5. The molecule has 0 amide bonds. The molecule has 5 nitrogen and oxygen atoms in total. The fourth-order valence-corrected chi connectivity index (χ4v) is 8.46. The topological polar surface area (TPSA) is 35.9 Å². The van der Waals surface area contributed by atoms with Gasteiger partial charge in [0.25, 0.3) is 6.33 Å². The lowest BCUT2D eigenvalue weighted by atomic mass is 9.86. The molecular formula is C58H52N4O. The van der Waals surface area contributed by atoms with Crippen LogP contribution >= 0.6 is 0 Å². The zero-order valence-corrected chi connectivity index (χ0v) is 36.3. The number of nitrogens with zero attached hydrogens (tertiary/aromatic N) is 4. The van der Waals surface area contributed by atoms with Crippen LogP contribution in [0.2, 0.25) is 0 Å². The van der Waals surface area contributed by atoms with Gasteiger partial charge in [-0.05, 0) is 118 Å². The van der Waals surface area contributed by atoms with E-state index < -0.39 is 60.4 Å². The van der Waals surface area contributed by atoms with Crippen LogP contribution in [0.25, 0.3) is 72.3 Å². The third kappa shape index (κ3) is 7.27. The van der Waals surface area contributed by atoms with Gasteiger partial charge in [0.05, 0.1) is 47.1 Å². The van der Waals surface area contributed by atoms with Crippen molar-refractivity contribution in [1.82, 2.24) is 14.1 Å². The summed E-state index contributed by atoms with van der Waals surface area (Å²) in [5.74, 6) is 2.70. The number of rotatable bonds is 9. The van der Waals surface area contributed by atoms with E-state index in [0.717, 1.165) is 33.2 Å². The molecule has 63 heavy (non-hydrogen) atoms. The smallest absolute Gasteiger partial charge is 0.269 e. The van der Waals surface area contributed by atoms with Gasteiger partial charge in [0.15, 0.2) is 0 Å². The fraction of sp³-hybridized carbons (Fsp3) is 0.172. The van der Waals surface area contributed by atoms with Crippen molar-refractivity contribution in [3.8, 4) is 50.9 Å². The highest BCUT2D eigenvalue weighted by molar-refractivity contribution is 6.09. The molecule has 1 unspecified atom stereocenters. The highest BCUT2D eigenvalue weighted by Crippen LogP contribution is 2.39. The van der Waals surface area contributed by atoms with Crippen LogP contribution < -0.4 is 9.30 Å². The molecule has 5 heteroatoms. The van der Waals surface area contributed by atoms with Crippen LogP contribution in [0.5, 0.6) is 11.5 Å². The van der Waals surface area contributed by atoms with Crippen molar-refractivity contribution < 1.29 is 23.0 Å². The summed E-state index contributed by atoms with van der Waals surface area (Å²) in [6.45, 7) is 15.2. The molecule has 10 aromatic rings. The Balaban J connectivity index is 1.16. The third-order valence-electron chi connectivity index (χ3n) is 12.1. The van der Waals surface area contributed by atoms with Crippen LogP contribution in [0, 0.1) is 19.2 Å². The van der Waals surface area contributed by atoms with E-state index in [1.165, 1.54) is 11.1 Å². The Hall–Kier alpha value is -7.24. The lowest BCUT2D eigenvalue weighted by Gasteiger charge is -2.19. The summed E-state index contributed by atoms with van der Waals surface area (Å²) >= 11 is 0. The number of pyridine rings is 1. The Labute approximate surface area is 384 Å². The number of aryl methyl sites for hydroxylation is 1. The Morgan fingerprint density at radius 1 is 0.667 bits per heavy atom. The van der Waals surface area contributed by atoms with Crippen molar-refractivity contribution in [1.29, 1.82) is 0 Å². The molecule has 310 valence electrons. The van der Waals surface area contributed by atoms with E-state index in [1.807, 2.05) is 72.3 Å². The first-order valence-corrected chi connectivity index (χ1v) is 21.2. The first-order valence-electron chi connectivity index (χ1n) is 26.2. The van der Waals surface area contributed by atoms with Crippen LogP contribution in [-0.4, -0.2) is 14.1 Å². The first kappa shape index (κ1) is 29.9. The van der Waals surface area contributed by atoms with E-state index in [2.05, 4.69) is 88.8 Å². The van der Waals surface area contributed by atoms with Crippen LogP contribution in [0.1, 0.15) is 77.9 Å². The van der Waals surface area contributed by atoms with Crippen molar-refractivity contribution >= 4 is 32.8 Å². The van der Waals surface area contributed by atoms with E-state index in [0.29, 0.717) is 40.1 Å². The normalized spacial score (nSPS) is 14.7. The van der Waals surface area contributed by atoms with Crippen molar-refractivity contribution in [2.45, 2.75) is 59.8 Å². The molecule has 0 aliphatic heterocycles. The first-order chi connectivity index (χ1) is 34.7. The second-order valence-electron chi connectivity index (χ2n) is 17.5. The number of benzene rings is 7. The largest absolute Gasteiger partial charge is 0.458 e. The van der Waals surface area contributed by atoms with Crippen molar-refractivity contribution in [3.05, 3.63) is 199 Å². The van der Waals surface area contributed by atoms with Crippen LogP contribution in [0.3, 0.4) is 0 Å².